The number of aromatic nitrogens is 3. The van der Waals surface area contributed by atoms with Crippen LogP contribution in [0.4, 0.5) is 19.0 Å². The van der Waals surface area contributed by atoms with Crippen molar-refractivity contribution in [3.63, 3.8) is 0 Å². The number of fused-ring (bicyclic) bond motifs is 1. The third-order valence-corrected chi connectivity index (χ3v) is 7.15. The molecule has 5 rings (SSSR count). The van der Waals surface area contributed by atoms with E-state index in [2.05, 4.69) is 20.2 Å². The minimum absolute atomic E-state index is 0.111. The van der Waals surface area contributed by atoms with E-state index in [0.717, 1.165) is 37.7 Å². The summed E-state index contributed by atoms with van der Waals surface area (Å²) < 4.78 is 49.9. The maximum Gasteiger partial charge on any atom is 0.451 e. The fourth-order valence-electron chi connectivity index (χ4n) is 4.83. The van der Waals surface area contributed by atoms with Gasteiger partial charge in [0.05, 0.1) is 42.0 Å². The van der Waals surface area contributed by atoms with Crippen LogP contribution >= 0.6 is 11.6 Å². The zero-order valence-electron chi connectivity index (χ0n) is 21.1. The lowest BCUT2D eigenvalue weighted by Gasteiger charge is -2.34. The van der Waals surface area contributed by atoms with Crippen LogP contribution in [0.1, 0.15) is 34.2 Å². The van der Waals surface area contributed by atoms with Crippen LogP contribution in [0.25, 0.3) is 10.9 Å². The summed E-state index contributed by atoms with van der Waals surface area (Å²) in [7, 11) is 0. The van der Waals surface area contributed by atoms with Crippen molar-refractivity contribution in [2.24, 2.45) is 0 Å². The normalized spacial score (nSPS) is 18.1. The number of hydrogen-bond acceptors (Lipinski definition) is 8. The Morgan fingerprint density at radius 2 is 1.72 bits per heavy atom. The van der Waals surface area contributed by atoms with Gasteiger partial charge in [0.1, 0.15) is 5.82 Å². The van der Waals surface area contributed by atoms with Crippen LogP contribution in [0.5, 0.6) is 0 Å². The first-order valence-electron chi connectivity index (χ1n) is 12.7. The number of pyridine rings is 1. The molecular formula is C26H28ClF3N6O3. The molecule has 2 aliphatic rings. The first-order chi connectivity index (χ1) is 18.8. The summed E-state index contributed by atoms with van der Waals surface area (Å²) in [6, 6.07) is 6.68. The maximum absolute atomic E-state index is 13.4. The van der Waals surface area contributed by atoms with E-state index in [9.17, 15) is 18.0 Å². The summed E-state index contributed by atoms with van der Waals surface area (Å²) in [5.74, 6) is -0.816. The zero-order chi connectivity index (χ0) is 27.4. The Labute approximate surface area is 228 Å². The Hall–Kier alpha value is -3.06. The van der Waals surface area contributed by atoms with Crippen molar-refractivity contribution in [3.05, 3.63) is 58.6 Å². The second-order valence-electron chi connectivity index (χ2n) is 9.32. The molecule has 208 valence electrons. The molecule has 3 aromatic rings. The van der Waals surface area contributed by atoms with Crippen LogP contribution in [0.3, 0.4) is 0 Å². The van der Waals surface area contributed by atoms with E-state index >= 15 is 0 Å². The van der Waals surface area contributed by atoms with Crippen LogP contribution < -0.4 is 10.2 Å². The van der Waals surface area contributed by atoms with E-state index in [0.29, 0.717) is 56.0 Å². The van der Waals surface area contributed by atoms with Gasteiger partial charge < -0.3 is 19.7 Å². The van der Waals surface area contributed by atoms with Gasteiger partial charge in [-0.3, -0.25) is 9.69 Å². The molecule has 1 N–H and O–H groups in total. The van der Waals surface area contributed by atoms with Crippen LogP contribution in [0, 0.1) is 0 Å². The lowest BCUT2D eigenvalue weighted by molar-refractivity contribution is -0.145. The van der Waals surface area contributed by atoms with Gasteiger partial charge in [-0.25, -0.2) is 15.0 Å². The standard InChI is InChI=1S/C26H28ClF3N6O3/c27-19-3-4-20-18(2-5-22(34-20)36-6-1-10-38-13-9-36)23(19)24(37)31-16-21(35-7-11-39-12-8-35)17-14-32-25(33-15-17)26(28,29)30/h2-5,14-15,21H,1,6-13,16H2,(H,31,37). The second kappa shape index (κ2) is 12.0. The van der Waals surface area contributed by atoms with Gasteiger partial charge >= 0.3 is 6.18 Å². The van der Waals surface area contributed by atoms with Crippen molar-refractivity contribution in [1.82, 2.24) is 25.2 Å². The molecule has 0 spiro atoms. The average molecular weight is 565 g/mol. The molecule has 1 aromatic carbocycles. The third kappa shape index (κ3) is 6.40. The fourth-order valence-corrected chi connectivity index (χ4v) is 5.08. The molecule has 0 aliphatic carbocycles. The van der Waals surface area contributed by atoms with Gasteiger partial charge in [0.25, 0.3) is 5.91 Å². The molecule has 1 atom stereocenters. The van der Waals surface area contributed by atoms with E-state index in [1.807, 2.05) is 17.0 Å². The van der Waals surface area contributed by atoms with Crippen molar-refractivity contribution in [3.8, 4) is 0 Å². The molecule has 1 amide bonds. The summed E-state index contributed by atoms with van der Waals surface area (Å²) >= 11 is 6.48. The molecule has 39 heavy (non-hydrogen) atoms. The number of amides is 1. The van der Waals surface area contributed by atoms with Gasteiger partial charge in [-0.2, -0.15) is 13.2 Å². The fraction of sp³-hybridized carbons (Fsp3) is 0.462. The summed E-state index contributed by atoms with van der Waals surface area (Å²) in [4.78, 5) is 29.4. The number of hydrogen-bond donors (Lipinski definition) is 1. The van der Waals surface area contributed by atoms with E-state index in [1.165, 1.54) is 0 Å². The number of nitrogens with zero attached hydrogens (tertiary/aromatic N) is 5. The summed E-state index contributed by atoms with van der Waals surface area (Å²) in [6.45, 7) is 5.05. The predicted octanol–water partition coefficient (Wildman–Crippen LogP) is 3.73. The molecule has 0 bridgehead atoms. The van der Waals surface area contributed by atoms with Crippen molar-refractivity contribution >= 4 is 34.2 Å². The average Bonchev–Trinajstić information content (AvgIpc) is 3.23. The van der Waals surface area contributed by atoms with Gasteiger partial charge in [-0.1, -0.05) is 11.6 Å². The quantitative estimate of drug-likeness (QED) is 0.484. The monoisotopic (exact) mass is 564 g/mol. The Morgan fingerprint density at radius 3 is 2.46 bits per heavy atom. The van der Waals surface area contributed by atoms with Crippen LogP contribution in [-0.4, -0.2) is 84.9 Å². The van der Waals surface area contributed by atoms with E-state index < -0.39 is 23.9 Å². The summed E-state index contributed by atoms with van der Waals surface area (Å²) in [5.41, 5.74) is 1.38. The SMILES string of the molecule is O=C(NCC(c1cnc(C(F)(F)F)nc1)N1CCOCC1)c1c(Cl)ccc2nc(N3CCCOCC3)ccc12. The van der Waals surface area contributed by atoms with Gasteiger partial charge in [0, 0.05) is 62.7 Å². The lowest BCUT2D eigenvalue weighted by atomic mass is 10.1. The van der Waals surface area contributed by atoms with Crippen LogP contribution in [0.15, 0.2) is 36.7 Å². The Balaban J connectivity index is 1.37. The number of rotatable bonds is 6. The lowest BCUT2D eigenvalue weighted by Crippen LogP contribution is -2.44. The van der Waals surface area contributed by atoms with Crippen molar-refractivity contribution in [2.75, 3.05) is 64.1 Å². The highest BCUT2D eigenvalue weighted by molar-refractivity contribution is 6.35. The molecule has 0 radical (unpaired) electrons. The largest absolute Gasteiger partial charge is 0.451 e. The number of morpholine rings is 1. The van der Waals surface area contributed by atoms with E-state index in [4.69, 9.17) is 26.1 Å². The minimum Gasteiger partial charge on any atom is -0.380 e. The minimum atomic E-state index is -4.64. The summed E-state index contributed by atoms with van der Waals surface area (Å²) in [6.07, 6.45) is -1.41. The molecule has 2 fully saturated rings. The van der Waals surface area contributed by atoms with E-state index in [1.54, 1.807) is 12.1 Å². The summed E-state index contributed by atoms with van der Waals surface area (Å²) in [5, 5.41) is 3.80. The molecule has 2 saturated heterocycles. The molecule has 2 aliphatic heterocycles. The topological polar surface area (TPSA) is 92.7 Å². The highest BCUT2D eigenvalue weighted by atomic mass is 35.5. The number of ether oxygens (including phenoxy) is 2. The molecule has 1 unspecified atom stereocenters. The highest BCUT2D eigenvalue weighted by Crippen LogP contribution is 2.29. The number of carbonyl (C=O) groups excluding carboxylic acids is 1. The van der Waals surface area contributed by atoms with Crippen LogP contribution in [0.2, 0.25) is 5.02 Å². The number of halogens is 4. The van der Waals surface area contributed by atoms with Crippen molar-refractivity contribution < 1.29 is 27.4 Å². The molecule has 4 heterocycles. The van der Waals surface area contributed by atoms with Gasteiger partial charge in [0.2, 0.25) is 5.82 Å². The highest BCUT2D eigenvalue weighted by Gasteiger charge is 2.35. The van der Waals surface area contributed by atoms with Gasteiger partial charge in [-0.05, 0) is 30.7 Å². The second-order valence-corrected chi connectivity index (χ2v) is 9.73. The Kier molecular flexibility index (Phi) is 8.46. The van der Waals surface area contributed by atoms with Gasteiger partial charge in [0.15, 0.2) is 0 Å². The maximum atomic E-state index is 13.4. The van der Waals surface area contributed by atoms with Crippen LogP contribution in [-0.2, 0) is 15.7 Å². The third-order valence-electron chi connectivity index (χ3n) is 6.83. The molecule has 2 aromatic heterocycles. The molecular weight excluding hydrogens is 537 g/mol. The van der Waals surface area contributed by atoms with Crippen molar-refractivity contribution in [1.29, 1.82) is 0 Å². The molecule has 0 saturated carbocycles. The number of nitrogens with one attached hydrogen (secondary N) is 1. The number of alkyl halides is 3. The predicted molar refractivity (Wildman–Crippen MR) is 139 cm³/mol. The Morgan fingerprint density at radius 1 is 1.00 bits per heavy atom. The zero-order valence-corrected chi connectivity index (χ0v) is 21.8. The smallest absolute Gasteiger partial charge is 0.380 e. The molecule has 13 heteroatoms. The number of anilines is 1. The number of benzene rings is 1. The van der Waals surface area contributed by atoms with Crippen molar-refractivity contribution in [2.45, 2.75) is 18.6 Å². The molecule has 9 nitrogen and oxygen atoms in total. The first kappa shape index (κ1) is 27.5. The Bertz CT molecular complexity index is 1300. The van der Waals surface area contributed by atoms with E-state index in [-0.39, 0.29) is 17.1 Å². The van der Waals surface area contributed by atoms with Gasteiger partial charge in [-0.15, -0.1) is 0 Å². The number of carbonyl (C=O) groups is 1. The first-order valence-corrected chi connectivity index (χ1v) is 13.1.